The number of carboxylic acids is 1. The molecule has 3 rings (SSSR count). The average Bonchev–Trinajstić information content (AvgIpc) is 3.18. The van der Waals surface area contributed by atoms with Gasteiger partial charge in [-0.05, 0) is 69.1 Å². The number of nitrogens with one attached hydrogen (secondary N) is 1. The van der Waals surface area contributed by atoms with E-state index < -0.39 is 29.2 Å². The molecule has 1 saturated carbocycles. The predicted molar refractivity (Wildman–Crippen MR) is 131 cm³/mol. The maximum Gasteiger partial charge on any atom is 0.416 e. The molecule has 0 bridgehead atoms. The molecule has 37 heavy (non-hydrogen) atoms. The summed E-state index contributed by atoms with van der Waals surface area (Å²) in [6.07, 6.45) is -1.50. The number of halogens is 3. The number of aliphatic hydroxyl groups is 1. The summed E-state index contributed by atoms with van der Waals surface area (Å²) in [6.45, 7) is 5.34. The molecule has 0 saturated heterocycles. The van der Waals surface area contributed by atoms with Crippen molar-refractivity contribution in [3.63, 3.8) is 0 Å². The molecular weight excluding hydrogens is 487 g/mol. The van der Waals surface area contributed by atoms with Gasteiger partial charge in [0.25, 0.3) is 5.91 Å². The van der Waals surface area contributed by atoms with E-state index in [1.54, 1.807) is 4.57 Å². The molecule has 1 fully saturated rings. The third kappa shape index (κ3) is 7.59. The number of rotatable bonds is 7. The van der Waals surface area contributed by atoms with E-state index in [0.717, 1.165) is 12.1 Å². The van der Waals surface area contributed by atoms with Crippen molar-refractivity contribution < 1.29 is 33.0 Å². The molecule has 3 N–H and O–H groups in total. The summed E-state index contributed by atoms with van der Waals surface area (Å²) in [6, 6.07) is 4.74. The van der Waals surface area contributed by atoms with E-state index in [2.05, 4.69) is 22.1 Å². The standard InChI is InChI=1S/C27H32F3N3O4/c1-4-22-32-21(13-14-26(2,3)37)23(24(34)31-15-17-5-9-19(10-6-17)25(35)36)33(22)16-18-7-11-20(12-8-18)27(28,29)30/h7-8,11-12,17,19,37H,4-6,9-10,15-16H2,1-3H3,(H,31,34)(H,35,36). The zero-order valence-electron chi connectivity index (χ0n) is 21.2. The van der Waals surface area contributed by atoms with Crippen molar-refractivity contribution in [3.05, 3.63) is 52.6 Å². The molecule has 2 aromatic rings. The Kier molecular flexibility index (Phi) is 8.69. The monoisotopic (exact) mass is 519 g/mol. The van der Waals surface area contributed by atoms with Crippen LogP contribution < -0.4 is 5.32 Å². The number of hydrogen-bond acceptors (Lipinski definition) is 4. The van der Waals surface area contributed by atoms with Crippen molar-refractivity contribution in [3.8, 4) is 11.8 Å². The topological polar surface area (TPSA) is 104 Å². The molecule has 1 aliphatic carbocycles. The summed E-state index contributed by atoms with van der Waals surface area (Å²) in [5.74, 6) is 4.57. The fourth-order valence-corrected chi connectivity index (χ4v) is 4.38. The molecule has 0 unspecified atom stereocenters. The summed E-state index contributed by atoms with van der Waals surface area (Å²) in [7, 11) is 0. The van der Waals surface area contributed by atoms with Crippen LogP contribution in [0.25, 0.3) is 0 Å². The van der Waals surface area contributed by atoms with Crippen molar-refractivity contribution in [1.29, 1.82) is 0 Å². The van der Waals surface area contributed by atoms with E-state index in [-0.39, 0.29) is 29.8 Å². The number of hydrogen-bond donors (Lipinski definition) is 3. The van der Waals surface area contributed by atoms with Crippen LogP contribution in [0.15, 0.2) is 24.3 Å². The quantitative estimate of drug-likeness (QED) is 0.475. The van der Waals surface area contributed by atoms with Crippen molar-refractivity contribution >= 4 is 11.9 Å². The number of alkyl halides is 3. The lowest BCUT2D eigenvalue weighted by Gasteiger charge is -2.26. The number of amides is 1. The van der Waals surface area contributed by atoms with Crippen LogP contribution in [-0.2, 0) is 23.9 Å². The van der Waals surface area contributed by atoms with Crippen LogP contribution in [-0.4, -0.2) is 43.8 Å². The Morgan fingerprint density at radius 3 is 2.27 bits per heavy atom. The lowest BCUT2D eigenvalue weighted by atomic mass is 9.82. The third-order valence-corrected chi connectivity index (χ3v) is 6.43. The van der Waals surface area contributed by atoms with Gasteiger partial charge in [0.1, 0.15) is 22.8 Å². The van der Waals surface area contributed by atoms with Crippen LogP contribution in [0.2, 0.25) is 0 Å². The first-order valence-electron chi connectivity index (χ1n) is 12.3. The zero-order chi connectivity index (χ0) is 27.4. The number of nitrogens with zero attached hydrogens (tertiary/aromatic N) is 2. The number of aromatic nitrogens is 2. The minimum absolute atomic E-state index is 0.116. The molecule has 1 heterocycles. The summed E-state index contributed by atoms with van der Waals surface area (Å²) in [5, 5.41) is 22.2. The highest BCUT2D eigenvalue weighted by Gasteiger charge is 2.30. The highest BCUT2D eigenvalue weighted by Crippen LogP contribution is 2.30. The van der Waals surface area contributed by atoms with E-state index in [1.165, 1.54) is 26.0 Å². The van der Waals surface area contributed by atoms with E-state index in [9.17, 15) is 33.0 Å². The van der Waals surface area contributed by atoms with Crippen LogP contribution >= 0.6 is 0 Å². The predicted octanol–water partition coefficient (Wildman–Crippen LogP) is 4.26. The van der Waals surface area contributed by atoms with Gasteiger partial charge in [0.2, 0.25) is 0 Å². The molecule has 0 aliphatic heterocycles. The minimum Gasteiger partial charge on any atom is -0.481 e. The second-order valence-corrected chi connectivity index (χ2v) is 9.93. The summed E-state index contributed by atoms with van der Waals surface area (Å²) in [4.78, 5) is 29.1. The molecule has 0 radical (unpaired) electrons. The van der Waals surface area contributed by atoms with E-state index in [0.29, 0.717) is 50.0 Å². The van der Waals surface area contributed by atoms with Crippen LogP contribution in [0.4, 0.5) is 13.2 Å². The first-order valence-corrected chi connectivity index (χ1v) is 12.3. The fraction of sp³-hybridized carbons (Fsp3) is 0.519. The number of carbonyl (C=O) groups excluding carboxylic acids is 1. The number of carbonyl (C=O) groups is 2. The number of carboxylic acid groups (broad SMARTS) is 1. The van der Waals surface area contributed by atoms with Crippen LogP contribution in [0.5, 0.6) is 0 Å². The lowest BCUT2D eigenvalue weighted by molar-refractivity contribution is -0.143. The van der Waals surface area contributed by atoms with Gasteiger partial charge < -0.3 is 20.1 Å². The summed E-state index contributed by atoms with van der Waals surface area (Å²) >= 11 is 0. The van der Waals surface area contributed by atoms with Crippen molar-refractivity contribution in [1.82, 2.24) is 14.9 Å². The van der Waals surface area contributed by atoms with Gasteiger partial charge in [0, 0.05) is 19.5 Å². The SMILES string of the molecule is CCc1nc(C#CC(C)(C)O)c(C(=O)NCC2CCC(C(=O)O)CC2)n1Cc1ccc(C(F)(F)F)cc1. The Balaban J connectivity index is 1.88. The van der Waals surface area contributed by atoms with Crippen molar-refractivity contribution in [2.75, 3.05) is 6.54 Å². The molecule has 1 amide bonds. The zero-order valence-corrected chi connectivity index (χ0v) is 21.2. The van der Waals surface area contributed by atoms with Crippen LogP contribution in [0.1, 0.15) is 79.6 Å². The largest absolute Gasteiger partial charge is 0.481 e. The number of benzene rings is 1. The first kappa shape index (κ1) is 28.3. The highest BCUT2D eigenvalue weighted by molar-refractivity contribution is 5.95. The summed E-state index contributed by atoms with van der Waals surface area (Å²) < 4.78 is 40.6. The fourth-order valence-electron chi connectivity index (χ4n) is 4.38. The maximum atomic E-state index is 13.4. The smallest absolute Gasteiger partial charge is 0.416 e. The maximum absolute atomic E-state index is 13.4. The molecule has 7 nitrogen and oxygen atoms in total. The molecule has 0 atom stereocenters. The van der Waals surface area contributed by atoms with Gasteiger partial charge in [-0.3, -0.25) is 9.59 Å². The average molecular weight is 520 g/mol. The normalized spacial score (nSPS) is 18.1. The Morgan fingerprint density at radius 2 is 1.76 bits per heavy atom. The van der Waals surface area contributed by atoms with Gasteiger partial charge in [0.05, 0.1) is 11.5 Å². The number of aliphatic carboxylic acids is 1. The van der Waals surface area contributed by atoms with Crippen molar-refractivity contribution in [2.45, 2.75) is 71.2 Å². The number of aryl methyl sites for hydroxylation is 1. The molecule has 0 spiro atoms. The van der Waals surface area contributed by atoms with Gasteiger partial charge in [-0.1, -0.05) is 25.0 Å². The molecular formula is C27H32F3N3O4. The van der Waals surface area contributed by atoms with Gasteiger partial charge in [-0.25, -0.2) is 4.98 Å². The third-order valence-electron chi connectivity index (χ3n) is 6.43. The second kappa shape index (κ2) is 11.4. The summed E-state index contributed by atoms with van der Waals surface area (Å²) in [5.41, 5.74) is -1.17. The lowest BCUT2D eigenvalue weighted by Crippen LogP contribution is -2.34. The Bertz CT molecular complexity index is 1180. The van der Waals surface area contributed by atoms with Gasteiger partial charge in [-0.15, -0.1) is 0 Å². The van der Waals surface area contributed by atoms with Crippen LogP contribution in [0, 0.1) is 23.7 Å². The molecule has 10 heteroatoms. The molecule has 1 aromatic carbocycles. The van der Waals surface area contributed by atoms with Gasteiger partial charge >= 0.3 is 12.1 Å². The van der Waals surface area contributed by atoms with E-state index >= 15 is 0 Å². The molecule has 1 aromatic heterocycles. The first-order chi connectivity index (χ1) is 17.3. The number of imidazole rings is 1. The Hall–Kier alpha value is -3.32. The van der Waals surface area contributed by atoms with Gasteiger partial charge in [0.15, 0.2) is 0 Å². The Labute approximate surface area is 214 Å². The second-order valence-electron chi connectivity index (χ2n) is 9.93. The molecule has 1 aliphatic rings. The Morgan fingerprint density at radius 1 is 1.14 bits per heavy atom. The molecule has 200 valence electrons. The van der Waals surface area contributed by atoms with Gasteiger partial charge in [-0.2, -0.15) is 13.2 Å². The van der Waals surface area contributed by atoms with Crippen LogP contribution in [0.3, 0.4) is 0 Å². The van der Waals surface area contributed by atoms with E-state index in [1.807, 2.05) is 6.92 Å². The highest BCUT2D eigenvalue weighted by atomic mass is 19.4. The van der Waals surface area contributed by atoms with Crippen molar-refractivity contribution in [2.24, 2.45) is 11.8 Å². The minimum atomic E-state index is -4.45. The van der Waals surface area contributed by atoms with E-state index in [4.69, 9.17) is 0 Å².